The number of ether oxygens (including phenoxy) is 1. The molecule has 0 aromatic heterocycles. The average Bonchev–Trinajstić information content (AvgIpc) is 2.32. The Hall–Kier alpha value is -1.22. The minimum atomic E-state index is 0.341. The van der Waals surface area contributed by atoms with E-state index in [0.717, 1.165) is 37.5 Å². The Morgan fingerprint density at radius 2 is 2.31 bits per heavy atom. The average molecular weight is 220 g/mol. The molecule has 1 aliphatic heterocycles. The quantitative estimate of drug-likeness (QED) is 0.776. The first-order valence-corrected chi connectivity index (χ1v) is 5.93. The van der Waals surface area contributed by atoms with Gasteiger partial charge >= 0.3 is 0 Å². The fourth-order valence-electron chi connectivity index (χ4n) is 2.11. The molecule has 1 heterocycles. The van der Waals surface area contributed by atoms with E-state index in [4.69, 9.17) is 10.5 Å². The van der Waals surface area contributed by atoms with E-state index >= 15 is 0 Å². The largest absolute Gasteiger partial charge is 0.397 e. The minimum absolute atomic E-state index is 0.341. The van der Waals surface area contributed by atoms with Gasteiger partial charge in [0, 0.05) is 13.1 Å². The van der Waals surface area contributed by atoms with Gasteiger partial charge in [-0.05, 0) is 31.0 Å². The SMILES string of the molecule is CCC1CN(c2cc(C)ccc2N)CCO1. The molecule has 1 aromatic carbocycles. The molecule has 1 unspecified atom stereocenters. The van der Waals surface area contributed by atoms with Gasteiger partial charge < -0.3 is 15.4 Å². The molecule has 1 atom stereocenters. The summed E-state index contributed by atoms with van der Waals surface area (Å²) in [5.74, 6) is 0. The van der Waals surface area contributed by atoms with Crippen LogP contribution >= 0.6 is 0 Å². The second-order valence-corrected chi connectivity index (χ2v) is 4.41. The number of hydrogen-bond donors (Lipinski definition) is 1. The molecule has 3 heteroatoms. The predicted molar refractivity (Wildman–Crippen MR) is 67.8 cm³/mol. The summed E-state index contributed by atoms with van der Waals surface area (Å²) in [4.78, 5) is 2.33. The molecule has 0 saturated carbocycles. The summed E-state index contributed by atoms with van der Waals surface area (Å²) in [7, 11) is 0. The van der Waals surface area contributed by atoms with Crippen LogP contribution in [-0.4, -0.2) is 25.8 Å². The maximum absolute atomic E-state index is 6.02. The molecule has 0 amide bonds. The third-order valence-corrected chi connectivity index (χ3v) is 3.12. The number of aryl methyl sites for hydroxylation is 1. The van der Waals surface area contributed by atoms with Gasteiger partial charge in [0.2, 0.25) is 0 Å². The van der Waals surface area contributed by atoms with E-state index in [9.17, 15) is 0 Å². The van der Waals surface area contributed by atoms with E-state index in [1.165, 1.54) is 5.56 Å². The van der Waals surface area contributed by atoms with E-state index < -0.39 is 0 Å². The number of nitrogens with two attached hydrogens (primary N) is 1. The normalized spacial score (nSPS) is 21.1. The smallest absolute Gasteiger partial charge is 0.0748 e. The Morgan fingerprint density at radius 1 is 1.50 bits per heavy atom. The van der Waals surface area contributed by atoms with Gasteiger partial charge in [0.1, 0.15) is 0 Å². The summed E-state index contributed by atoms with van der Waals surface area (Å²) in [5, 5.41) is 0. The van der Waals surface area contributed by atoms with Crippen molar-refractivity contribution < 1.29 is 4.74 Å². The van der Waals surface area contributed by atoms with Gasteiger partial charge in [-0.1, -0.05) is 13.0 Å². The molecule has 0 radical (unpaired) electrons. The number of anilines is 2. The highest BCUT2D eigenvalue weighted by Gasteiger charge is 2.20. The van der Waals surface area contributed by atoms with Crippen LogP contribution in [0.5, 0.6) is 0 Å². The summed E-state index contributed by atoms with van der Waals surface area (Å²) in [6, 6.07) is 6.20. The van der Waals surface area contributed by atoms with Gasteiger partial charge in [0.05, 0.1) is 24.1 Å². The lowest BCUT2D eigenvalue weighted by Crippen LogP contribution is -2.42. The van der Waals surface area contributed by atoms with Crippen molar-refractivity contribution >= 4 is 11.4 Å². The Morgan fingerprint density at radius 3 is 3.06 bits per heavy atom. The van der Waals surface area contributed by atoms with Crippen LogP contribution in [0.25, 0.3) is 0 Å². The van der Waals surface area contributed by atoms with Crippen LogP contribution in [0.4, 0.5) is 11.4 Å². The van der Waals surface area contributed by atoms with Crippen molar-refractivity contribution in [3.8, 4) is 0 Å². The Balaban J connectivity index is 2.19. The molecular weight excluding hydrogens is 200 g/mol. The van der Waals surface area contributed by atoms with Crippen molar-refractivity contribution in [2.24, 2.45) is 0 Å². The van der Waals surface area contributed by atoms with Crippen molar-refractivity contribution in [1.82, 2.24) is 0 Å². The monoisotopic (exact) mass is 220 g/mol. The lowest BCUT2D eigenvalue weighted by atomic mass is 10.1. The van der Waals surface area contributed by atoms with Gasteiger partial charge in [-0.15, -0.1) is 0 Å². The number of morpholine rings is 1. The van der Waals surface area contributed by atoms with Crippen molar-refractivity contribution in [2.75, 3.05) is 30.3 Å². The van der Waals surface area contributed by atoms with Crippen LogP contribution in [-0.2, 0) is 4.74 Å². The van der Waals surface area contributed by atoms with Gasteiger partial charge in [-0.25, -0.2) is 0 Å². The third-order valence-electron chi connectivity index (χ3n) is 3.12. The number of hydrogen-bond acceptors (Lipinski definition) is 3. The Kier molecular flexibility index (Phi) is 3.34. The van der Waals surface area contributed by atoms with Crippen LogP contribution in [0.15, 0.2) is 18.2 Å². The van der Waals surface area contributed by atoms with Crippen molar-refractivity contribution in [1.29, 1.82) is 0 Å². The Bertz CT molecular complexity index is 365. The first-order valence-electron chi connectivity index (χ1n) is 5.93. The molecule has 0 spiro atoms. The van der Waals surface area contributed by atoms with Gasteiger partial charge in [-0.2, -0.15) is 0 Å². The molecule has 1 aliphatic rings. The van der Waals surface area contributed by atoms with E-state index in [1.54, 1.807) is 0 Å². The molecule has 16 heavy (non-hydrogen) atoms. The second-order valence-electron chi connectivity index (χ2n) is 4.41. The molecule has 2 rings (SSSR count). The molecule has 0 aliphatic carbocycles. The molecule has 88 valence electrons. The van der Waals surface area contributed by atoms with Crippen molar-refractivity contribution in [2.45, 2.75) is 26.4 Å². The lowest BCUT2D eigenvalue weighted by molar-refractivity contribution is 0.0385. The second kappa shape index (κ2) is 4.74. The zero-order valence-corrected chi connectivity index (χ0v) is 10.1. The summed E-state index contributed by atoms with van der Waals surface area (Å²) in [6.07, 6.45) is 1.40. The third kappa shape index (κ3) is 2.30. The van der Waals surface area contributed by atoms with Gasteiger partial charge in [0.15, 0.2) is 0 Å². The fourth-order valence-corrected chi connectivity index (χ4v) is 2.11. The number of benzene rings is 1. The first kappa shape index (κ1) is 11.3. The number of nitrogens with zero attached hydrogens (tertiary/aromatic N) is 1. The number of rotatable bonds is 2. The minimum Gasteiger partial charge on any atom is -0.397 e. The van der Waals surface area contributed by atoms with Crippen molar-refractivity contribution in [3.63, 3.8) is 0 Å². The van der Waals surface area contributed by atoms with Crippen LogP contribution in [0.1, 0.15) is 18.9 Å². The van der Waals surface area contributed by atoms with Gasteiger partial charge in [0.25, 0.3) is 0 Å². The lowest BCUT2D eigenvalue weighted by Gasteiger charge is -2.35. The van der Waals surface area contributed by atoms with Crippen LogP contribution < -0.4 is 10.6 Å². The maximum atomic E-state index is 6.02. The van der Waals surface area contributed by atoms with Crippen LogP contribution in [0, 0.1) is 6.92 Å². The predicted octanol–water partition coefficient (Wildman–Crippen LogP) is 2.19. The zero-order valence-electron chi connectivity index (χ0n) is 10.1. The van der Waals surface area contributed by atoms with Crippen LogP contribution in [0.2, 0.25) is 0 Å². The van der Waals surface area contributed by atoms with E-state index in [1.807, 2.05) is 6.07 Å². The van der Waals surface area contributed by atoms with Crippen molar-refractivity contribution in [3.05, 3.63) is 23.8 Å². The molecule has 1 fully saturated rings. The maximum Gasteiger partial charge on any atom is 0.0748 e. The number of nitrogen functional groups attached to an aromatic ring is 1. The molecule has 3 nitrogen and oxygen atoms in total. The topological polar surface area (TPSA) is 38.5 Å². The summed E-state index contributed by atoms with van der Waals surface area (Å²) >= 11 is 0. The molecular formula is C13H20N2O. The summed E-state index contributed by atoms with van der Waals surface area (Å²) < 4.78 is 5.67. The Labute approximate surface area is 97.2 Å². The highest BCUT2D eigenvalue weighted by Crippen LogP contribution is 2.26. The van der Waals surface area contributed by atoms with E-state index in [0.29, 0.717) is 6.10 Å². The first-order chi connectivity index (χ1) is 7.70. The van der Waals surface area contributed by atoms with E-state index in [2.05, 4.69) is 30.9 Å². The molecule has 2 N–H and O–H groups in total. The zero-order chi connectivity index (χ0) is 11.5. The summed E-state index contributed by atoms with van der Waals surface area (Å²) in [6.45, 7) is 6.94. The molecule has 0 bridgehead atoms. The van der Waals surface area contributed by atoms with E-state index in [-0.39, 0.29) is 0 Å². The highest BCUT2D eigenvalue weighted by molar-refractivity contribution is 5.68. The van der Waals surface area contributed by atoms with Crippen LogP contribution in [0.3, 0.4) is 0 Å². The fraction of sp³-hybridized carbons (Fsp3) is 0.538. The molecule has 1 saturated heterocycles. The highest BCUT2D eigenvalue weighted by atomic mass is 16.5. The summed E-state index contributed by atoms with van der Waals surface area (Å²) in [5.41, 5.74) is 9.30. The van der Waals surface area contributed by atoms with Gasteiger partial charge in [-0.3, -0.25) is 0 Å². The molecule has 1 aromatic rings. The standard InChI is InChI=1S/C13H20N2O/c1-3-11-9-15(6-7-16-11)13-8-10(2)4-5-12(13)14/h4-5,8,11H,3,6-7,9,14H2,1-2H3.